The van der Waals surface area contributed by atoms with E-state index in [1.165, 1.54) is 6.08 Å². The van der Waals surface area contributed by atoms with Gasteiger partial charge in [0, 0.05) is 17.3 Å². The summed E-state index contributed by atoms with van der Waals surface area (Å²) < 4.78 is 10.9. The highest BCUT2D eigenvalue weighted by Crippen LogP contribution is 2.30. The molecule has 0 aliphatic rings. The zero-order chi connectivity index (χ0) is 18.8. The van der Waals surface area contributed by atoms with Crippen molar-refractivity contribution in [2.45, 2.75) is 0 Å². The first-order chi connectivity index (χ1) is 13.1. The quantitative estimate of drug-likeness (QED) is 0.425. The maximum Gasteiger partial charge on any atom is 0.248 e. The maximum absolute atomic E-state index is 12.0. The van der Waals surface area contributed by atoms with Crippen molar-refractivity contribution in [1.82, 2.24) is 4.98 Å². The lowest BCUT2D eigenvalue weighted by atomic mass is 10.2. The molecule has 0 fully saturated rings. The lowest BCUT2D eigenvalue weighted by molar-refractivity contribution is -0.111. The first-order valence-electron chi connectivity index (χ1n) is 7.97. The van der Waals surface area contributed by atoms with Crippen molar-refractivity contribution in [2.75, 3.05) is 5.32 Å². The Balaban J connectivity index is 1.55. The first kappa shape index (κ1) is 17.4. The number of nitrogens with one attached hydrogen (secondary N) is 1. The molecule has 2 aromatic carbocycles. The number of nitrogens with zero attached hydrogens (tertiary/aromatic N) is 1. The van der Waals surface area contributed by atoms with E-state index in [0.29, 0.717) is 44.0 Å². The summed E-state index contributed by atoms with van der Waals surface area (Å²) in [5.41, 5.74) is 2.53. The lowest BCUT2D eigenvalue weighted by Gasteiger charge is -2.00. The number of halogens is 2. The van der Waals surface area contributed by atoms with E-state index in [4.69, 9.17) is 32.0 Å². The lowest BCUT2D eigenvalue weighted by Crippen LogP contribution is -2.07. The van der Waals surface area contributed by atoms with Crippen LogP contribution in [0.2, 0.25) is 10.0 Å². The Morgan fingerprint density at radius 1 is 1.07 bits per heavy atom. The van der Waals surface area contributed by atoms with E-state index >= 15 is 0 Å². The SMILES string of the molecule is O=C(/C=C\c1ccco1)Nc1ccc2oc(-c3ccc(Cl)c(Cl)c3)nc2c1. The van der Waals surface area contributed by atoms with Crippen LogP contribution in [-0.2, 0) is 4.79 Å². The van der Waals surface area contributed by atoms with Gasteiger partial charge in [-0.1, -0.05) is 23.2 Å². The molecular formula is C20H12Cl2N2O3. The number of aromatic nitrogens is 1. The number of carbonyl (C=O) groups excluding carboxylic acids is 1. The minimum atomic E-state index is -0.279. The molecule has 0 bridgehead atoms. The van der Waals surface area contributed by atoms with Crippen LogP contribution in [0.25, 0.3) is 28.6 Å². The van der Waals surface area contributed by atoms with Crippen molar-refractivity contribution in [3.05, 3.63) is 76.7 Å². The van der Waals surface area contributed by atoms with Crippen LogP contribution in [0.3, 0.4) is 0 Å². The third kappa shape index (κ3) is 3.89. The fourth-order valence-electron chi connectivity index (χ4n) is 2.49. The Hall–Kier alpha value is -3.02. The fourth-order valence-corrected chi connectivity index (χ4v) is 2.78. The molecule has 2 aromatic heterocycles. The molecule has 0 unspecified atom stereocenters. The number of oxazole rings is 1. The van der Waals surface area contributed by atoms with Gasteiger partial charge in [0.05, 0.1) is 16.3 Å². The van der Waals surface area contributed by atoms with Gasteiger partial charge >= 0.3 is 0 Å². The summed E-state index contributed by atoms with van der Waals surface area (Å²) in [6.07, 6.45) is 4.53. The van der Waals surface area contributed by atoms with Crippen LogP contribution in [-0.4, -0.2) is 10.9 Å². The van der Waals surface area contributed by atoms with Crippen LogP contribution in [0, 0.1) is 0 Å². The van der Waals surface area contributed by atoms with Crippen molar-refractivity contribution in [3.63, 3.8) is 0 Å². The molecule has 0 spiro atoms. The van der Waals surface area contributed by atoms with Crippen LogP contribution in [0.1, 0.15) is 5.76 Å². The number of carbonyl (C=O) groups is 1. The maximum atomic E-state index is 12.0. The number of anilines is 1. The Kier molecular flexibility index (Phi) is 4.71. The summed E-state index contributed by atoms with van der Waals surface area (Å²) >= 11 is 12.0. The van der Waals surface area contributed by atoms with Crippen molar-refractivity contribution in [1.29, 1.82) is 0 Å². The highest BCUT2D eigenvalue weighted by molar-refractivity contribution is 6.42. The average Bonchev–Trinajstić information content (AvgIpc) is 3.31. The van der Waals surface area contributed by atoms with E-state index in [1.54, 1.807) is 60.9 Å². The summed E-state index contributed by atoms with van der Waals surface area (Å²) in [5, 5.41) is 3.66. The van der Waals surface area contributed by atoms with E-state index in [2.05, 4.69) is 10.3 Å². The Morgan fingerprint density at radius 3 is 2.74 bits per heavy atom. The molecule has 7 heteroatoms. The number of fused-ring (bicyclic) bond motifs is 1. The molecule has 1 amide bonds. The van der Waals surface area contributed by atoms with Crippen LogP contribution in [0.15, 0.2) is 69.7 Å². The zero-order valence-corrected chi connectivity index (χ0v) is 15.3. The third-order valence-corrected chi connectivity index (χ3v) is 4.50. The minimum absolute atomic E-state index is 0.279. The number of furan rings is 1. The molecule has 4 aromatic rings. The van der Waals surface area contributed by atoms with E-state index in [-0.39, 0.29) is 5.91 Å². The average molecular weight is 399 g/mol. The van der Waals surface area contributed by atoms with Gasteiger partial charge in [-0.3, -0.25) is 4.79 Å². The Bertz CT molecular complexity index is 1150. The zero-order valence-electron chi connectivity index (χ0n) is 13.8. The molecule has 0 saturated heterocycles. The van der Waals surface area contributed by atoms with Gasteiger partial charge in [0.2, 0.25) is 11.8 Å². The van der Waals surface area contributed by atoms with Crippen LogP contribution in [0.4, 0.5) is 5.69 Å². The van der Waals surface area contributed by atoms with Gasteiger partial charge in [-0.25, -0.2) is 4.98 Å². The molecule has 1 N–H and O–H groups in total. The summed E-state index contributed by atoms with van der Waals surface area (Å²) in [7, 11) is 0. The molecule has 5 nitrogen and oxygen atoms in total. The van der Waals surface area contributed by atoms with Crippen LogP contribution < -0.4 is 5.32 Å². The second kappa shape index (κ2) is 7.31. The van der Waals surface area contributed by atoms with Crippen molar-refractivity contribution in [2.24, 2.45) is 0 Å². The van der Waals surface area contributed by atoms with Gasteiger partial charge in [0.15, 0.2) is 5.58 Å². The van der Waals surface area contributed by atoms with Crippen LogP contribution in [0.5, 0.6) is 0 Å². The molecule has 27 heavy (non-hydrogen) atoms. The van der Waals surface area contributed by atoms with E-state index in [0.717, 1.165) is 0 Å². The monoisotopic (exact) mass is 398 g/mol. The largest absolute Gasteiger partial charge is 0.465 e. The Morgan fingerprint density at radius 2 is 1.96 bits per heavy atom. The highest BCUT2D eigenvalue weighted by atomic mass is 35.5. The van der Waals surface area contributed by atoms with Crippen molar-refractivity contribution < 1.29 is 13.6 Å². The van der Waals surface area contributed by atoms with Crippen molar-refractivity contribution in [3.8, 4) is 11.5 Å². The number of rotatable bonds is 4. The highest BCUT2D eigenvalue weighted by Gasteiger charge is 2.11. The number of hydrogen-bond acceptors (Lipinski definition) is 4. The van der Waals surface area contributed by atoms with Gasteiger partial charge in [0.25, 0.3) is 0 Å². The number of hydrogen-bond donors (Lipinski definition) is 1. The molecule has 4 rings (SSSR count). The smallest absolute Gasteiger partial charge is 0.248 e. The molecule has 134 valence electrons. The molecule has 0 aliphatic carbocycles. The Labute approximate surface area is 164 Å². The van der Waals surface area contributed by atoms with E-state index in [9.17, 15) is 4.79 Å². The molecule has 2 heterocycles. The van der Waals surface area contributed by atoms with Crippen molar-refractivity contribution >= 4 is 52.0 Å². The van der Waals surface area contributed by atoms with Gasteiger partial charge in [-0.05, 0) is 54.6 Å². The number of amides is 1. The van der Waals surface area contributed by atoms with Gasteiger partial charge in [0.1, 0.15) is 11.3 Å². The minimum Gasteiger partial charge on any atom is -0.465 e. The molecular weight excluding hydrogens is 387 g/mol. The summed E-state index contributed by atoms with van der Waals surface area (Å²) in [4.78, 5) is 16.5. The molecule has 0 radical (unpaired) electrons. The third-order valence-electron chi connectivity index (χ3n) is 3.76. The van der Waals surface area contributed by atoms with E-state index < -0.39 is 0 Å². The molecule has 0 atom stereocenters. The molecule has 0 saturated carbocycles. The predicted octanol–water partition coefficient (Wildman–Crippen LogP) is 6.05. The van der Waals surface area contributed by atoms with Gasteiger partial charge in [-0.2, -0.15) is 0 Å². The topological polar surface area (TPSA) is 68.3 Å². The first-order valence-corrected chi connectivity index (χ1v) is 8.73. The summed E-state index contributed by atoms with van der Waals surface area (Å²) in [5.74, 6) is 0.743. The second-order valence-corrected chi connectivity index (χ2v) is 6.48. The van der Waals surface area contributed by atoms with Crippen LogP contribution >= 0.6 is 23.2 Å². The van der Waals surface area contributed by atoms with Gasteiger partial charge < -0.3 is 14.2 Å². The molecule has 0 aliphatic heterocycles. The summed E-state index contributed by atoms with van der Waals surface area (Å²) in [6, 6.07) is 13.9. The van der Waals surface area contributed by atoms with Gasteiger partial charge in [-0.15, -0.1) is 0 Å². The fraction of sp³-hybridized carbons (Fsp3) is 0. The summed E-state index contributed by atoms with van der Waals surface area (Å²) in [6.45, 7) is 0. The predicted molar refractivity (Wildman–Crippen MR) is 106 cm³/mol. The standard InChI is InChI=1S/C20H12Cl2N2O3/c21-15-6-3-12(10-16(15)22)20-24-17-11-13(4-7-18(17)27-20)23-19(25)8-5-14-2-1-9-26-14/h1-11H,(H,23,25)/b8-5-. The number of benzene rings is 2. The van der Waals surface area contributed by atoms with E-state index in [1.807, 2.05) is 0 Å². The second-order valence-electron chi connectivity index (χ2n) is 5.67. The normalized spacial score (nSPS) is 11.3.